The fraction of sp³-hybridized carbons (Fsp3) is 0.458. The molecular weight excluding hydrogens is 428 g/mol. The molecule has 32 heavy (non-hydrogen) atoms. The van der Waals surface area contributed by atoms with Crippen molar-refractivity contribution in [3.05, 3.63) is 48.0 Å². The maximum absolute atomic E-state index is 13.2. The molecule has 2 aromatic carbocycles. The van der Waals surface area contributed by atoms with Gasteiger partial charge in [-0.25, -0.2) is 8.42 Å². The molecular formula is C24H30N2O5S. The van der Waals surface area contributed by atoms with E-state index in [0.717, 1.165) is 24.8 Å². The first-order valence-corrected chi connectivity index (χ1v) is 12.6. The number of carbonyl (C=O) groups is 1. The molecule has 2 aromatic rings. The summed E-state index contributed by atoms with van der Waals surface area (Å²) in [6.45, 7) is 4.11. The monoisotopic (exact) mass is 458 g/mol. The molecule has 7 nitrogen and oxygen atoms in total. The Hall–Kier alpha value is -2.42. The number of amides is 1. The minimum atomic E-state index is -3.64. The highest BCUT2D eigenvalue weighted by Crippen LogP contribution is 2.34. The fourth-order valence-electron chi connectivity index (χ4n) is 4.11. The molecule has 0 spiro atoms. The van der Waals surface area contributed by atoms with Gasteiger partial charge < -0.3 is 14.8 Å². The number of nitrogens with zero attached hydrogens (tertiary/aromatic N) is 1. The van der Waals surface area contributed by atoms with E-state index >= 15 is 0 Å². The summed E-state index contributed by atoms with van der Waals surface area (Å²) in [7, 11) is -3.64. The molecule has 172 valence electrons. The molecule has 0 saturated carbocycles. The Morgan fingerprint density at radius 3 is 2.53 bits per heavy atom. The van der Waals surface area contributed by atoms with Gasteiger partial charge in [0.15, 0.2) is 5.75 Å². The predicted octanol–water partition coefficient (Wildman–Crippen LogP) is 4.33. The number of piperidine rings is 1. The number of rotatable bonds is 6. The minimum Gasteiger partial charge on any atom is -0.455 e. The number of aryl methyl sites for hydroxylation is 1. The van der Waals surface area contributed by atoms with Gasteiger partial charge in [0.2, 0.25) is 15.9 Å². The summed E-state index contributed by atoms with van der Waals surface area (Å²) in [6.07, 6.45) is 4.06. The standard InChI is InChI=1S/C24H30N2O5S/c1-18-6-5-7-20(16-18)31-23-9-8-21(32(28,29)26-12-3-2-4-13-26)17-22(23)25-24(27)19-10-14-30-15-11-19/h5-9,16-17,19H,2-4,10-15H2,1H3,(H,25,27). The third kappa shape index (κ3) is 5.31. The first-order valence-electron chi connectivity index (χ1n) is 11.2. The van der Waals surface area contributed by atoms with Crippen molar-refractivity contribution in [3.8, 4) is 11.5 Å². The van der Waals surface area contributed by atoms with Crippen molar-refractivity contribution in [1.82, 2.24) is 4.31 Å². The van der Waals surface area contributed by atoms with Crippen LogP contribution in [0.15, 0.2) is 47.4 Å². The first-order chi connectivity index (χ1) is 15.4. The minimum absolute atomic E-state index is 0.144. The largest absolute Gasteiger partial charge is 0.455 e. The van der Waals surface area contributed by atoms with E-state index in [9.17, 15) is 13.2 Å². The van der Waals surface area contributed by atoms with Crippen LogP contribution >= 0.6 is 0 Å². The zero-order valence-corrected chi connectivity index (χ0v) is 19.2. The van der Waals surface area contributed by atoms with E-state index in [1.165, 1.54) is 10.4 Å². The van der Waals surface area contributed by atoms with Crippen LogP contribution < -0.4 is 10.1 Å². The Morgan fingerprint density at radius 2 is 1.81 bits per heavy atom. The summed E-state index contributed by atoms with van der Waals surface area (Å²) >= 11 is 0. The molecule has 2 saturated heterocycles. The highest BCUT2D eigenvalue weighted by atomic mass is 32.2. The van der Waals surface area contributed by atoms with Crippen LogP contribution in [-0.4, -0.2) is 44.9 Å². The maximum Gasteiger partial charge on any atom is 0.243 e. The molecule has 0 bridgehead atoms. The number of hydrogen-bond donors (Lipinski definition) is 1. The van der Waals surface area contributed by atoms with Crippen LogP contribution in [0.3, 0.4) is 0 Å². The smallest absolute Gasteiger partial charge is 0.243 e. The summed E-state index contributed by atoms with van der Waals surface area (Å²) in [5.41, 5.74) is 1.40. The van der Waals surface area contributed by atoms with Crippen LogP contribution in [0.5, 0.6) is 11.5 Å². The molecule has 8 heteroatoms. The number of anilines is 1. The summed E-state index contributed by atoms with van der Waals surface area (Å²) in [5, 5.41) is 2.93. The molecule has 1 N–H and O–H groups in total. The van der Waals surface area contributed by atoms with E-state index in [-0.39, 0.29) is 16.7 Å². The highest BCUT2D eigenvalue weighted by molar-refractivity contribution is 7.89. The lowest BCUT2D eigenvalue weighted by Crippen LogP contribution is -2.35. The van der Waals surface area contributed by atoms with Crippen molar-refractivity contribution in [2.75, 3.05) is 31.6 Å². The van der Waals surface area contributed by atoms with Gasteiger partial charge >= 0.3 is 0 Å². The van der Waals surface area contributed by atoms with Crippen molar-refractivity contribution in [1.29, 1.82) is 0 Å². The van der Waals surface area contributed by atoms with Crippen LogP contribution in [0.4, 0.5) is 5.69 Å². The van der Waals surface area contributed by atoms with Crippen LogP contribution in [0.1, 0.15) is 37.7 Å². The third-order valence-corrected chi connectivity index (χ3v) is 7.87. The fourth-order valence-corrected chi connectivity index (χ4v) is 5.65. The van der Waals surface area contributed by atoms with Gasteiger partial charge in [-0.15, -0.1) is 0 Å². The summed E-state index contributed by atoms with van der Waals surface area (Å²) in [6, 6.07) is 12.3. The second kappa shape index (κ2) is 10.0. The maximum atomic E-state index is 13.2. The average molecular weight is 459 g/mol. The summed E-state index contributed by atoms with van der Waals surface area (Å²) < 4.78 is 39.3. The Morgan fingerprint density at radius 1 is 1.06 bits per heavy atom. The van der Waals surface area contributed by atoms with Crippen molar-refractivity contribution in [2.24, 2.45) is 5.92 Å². The molecule has 0 aromatic heterocycles. The van der Waals surface area contributed by atoms with E-state index in [1.807, 2.05) is 31.2 Å². The lowest BCUT2D eigenvalue weighted by Gasteiger charge is -2.26. The molecule has 2 aliphatic heterocycles. The second-order valence-electron chi connectivity index (χ2n) is 8.42. The number of nitrogens with one attached hydrogen (secondary N) is 1. The summed E-state index contributed by atoms with van der Waals surface area (Å²) in [4.78, 5) is 13.1. The number of sulfonamides is 1. The van der Waals surface area contributed by atoms with Crippen molar-refractivity contribution in [3.63, 3.8) is 0 Å². The molecule has 0 unspecified atom stereocenters. The van der Waals surface area contributed by atoms with Gasteiger partial charge in [0.05, 0.1) is 10.6 Å². The van der Waals surface area contributed by atoms with Gasteiger partial charge in [0.25, 0.3) is 0 Å². The van der Waals surface area contributed by atoms with Crippen LogP contribution in [-0.2, 0) is 19.6 Å². The van der Waals surface area contributed by atoms with Crippen molar-refractivity contribution >= 4 is 21.6 Å². The average Bonchev–Trinajstić information content (AvgIpc) is 2.81. The number of ether oxygens (including phenoxy) is 2. The van der Waals surface area contributed by atoms with E-state index in [2.05, 4.69) is 5.32 Å². The Labute approximate surface area is 189 Å². The second-order valence-corrected chi connectivity index (χ2v) is 10.4. The van der Waals surface area contributed by atoms with Crippen LogP contribution in [0.25, 0.3) is 0 Å². The molecule has 2 fully saturated rings. The van der Waals surface area contributed by atoms with Crippen LogP contribution in [0, 0.1) is 12.8 Å². The van der Waals surface area contributed by atoms with Gasteiger partial charge in [-0.2, -0.15) is 4.31 Å². The van der Waals surface area contributed by atoms with Gasteiger partial charge in [0, 0.05) is 32.2 Å². The van der Waals surface area contributed by atoms with Crippen molar-refractivity contribution < 1.29 is 22.7 Å². The van der Waals surface area contributed by atoms with E-state index in [1.54, 1.807) is 12.1 Å². The van der Waals surface area contributed by atoms with E-state index in [0.29, 0.717) is 56.3 Å². The lowest BCUT2D eigenvalue weighted by atomic mass is 9.99. The molecule has 1 amide bonds. The SMILES string of the molecule is Cc1cccc(Oc2ccc(S(=O)(=O)N3CCCCC3)cc2NC(=O)C2CCOCC2)c1. The Bertz CT molecular complexity index is 1060. The molecule has 2 aliphatic rings. The van der Waals surface area contributed by atoms with Crippen LogP contribution in [0.2, 0.25) is 0 Å². The highest BCUT2D eigenvalue weighted by Gasteiger charge is 2.28. The Balaban J connectivity index is 1.65. The Kier molecular flexibility index (Phi) is 7.13. The molecule has 0 aliphatic carbocycles. The van der Waals surface area contributed by atoms with Gasteiger partial charge in [0.1, 0.15) is 5.75 Å². The zero-order chi connectivity index (χ0) is 22.6. The van der Waals surface area contributed by atoms with Gasteiger partial charge in [-0.05, 0) is 68.5 Å². The molecule has 4 rings (SSSR count). The first kappa shape index (κ1) is 22.8. The number of carbonyl (C=O) groups excluding carboxylic acids is 1. The number of hydrogen-bond acceptors (Lipinski definition) is 5. The number of benzene rings is 2. The quantitative estimate of drug-likeness (QED) is 0.697. The molecule has 0 atom stereocenters. The predicted molar refractivity (Wildman–Crippen MR) is 122 cm³/mol. The van der Waals surface area contributed by atoms with Gasteiger partial charge in [-0.3, -0.25) is 4.79 Å². The normalized spacial score (nSPS) is 18.3. The topological polar surface area (TPSA) is 84.9 Å². The van der Waals surface area contributed by atoms with E-state index in [4.69, 9.17) is 9.47 Å². The molecule has 0 radical (unpaired) electrons. The lowest BCUT2D eigenvalue weighted by molar-refractivity contribution is -0.122. The third-order valence-electron chi connectivity index (χ3n) is 5.97. The van der Waals surface area contributed by atoms with Gasteiger partial charge in [-0.1, -0.05) is 18.6 Å². The molecule has 2 heterocycles. The zero-order valence-electron chi connectivity index (χ0n) is 18.4. The van der Waals surface area contributed by atoms with Crippen molar-refractivity contribution in [2.45, 2.75) is 43.9 Å². The summed E-state index contributed by atoms with van der Waals surface area (Å²) in [5.74, 6) is 0.722. The van der Waals surface area contributed by atoms with E-state index < -0.39 is 10.0 Å².